The van der Waals surface area contributed by atoms with E-state index < -0.39 is 55.9 Å². The van der Waals surface area contributed by atoms with Crippen LogP contribution in [-0.4, -0.2) is 60.0 Å². The largest absolute Gasteiger partial charge is 0.416 e. The maximum absolute atomic E-state index is 13.5. The molecule has 2 aliphatic rings. The number of carbonyl (C=O) groups is 1. The summed E-state index contributed by atoms with van der Waals surface area (Å²) in [5.74, 6) is -4.58. The van der Waals surface area contributed by atoms with Gasteiger partial charge >= 0.3 is 11.9 Å². The number of hydrogen-bond acceptors (Lipinski definition) is 8. The van der Waals surface area contributed by atoms with Crippen LogP contribution in [0.5, 0.6) is 0 Å². The molecule has 1 fully saturated rings. The maximum Gasteiger partial charge on any atom is 0.416 e. The summed E-state index contributed by atoms with van der Waals surface area (Å²) in [4.78, 5) is 26.1. The molecule has 0 radical (unpaired) electrons. The number of rotatable bonds is 8. The van der Waals surface area contributed by atoms with E-state index in [1.54, 1.807) is 13.0 Å². The van der Waals surface area contributed by atoms with Gasteiger partial charge in [0.15, 0.2) is 6.17 Å². The van der Waals surface area contributed by atoms with Gasteiger partial charge in [0.05, 0.1) is 16.5 Å². The summed E-state index contributed by atoms with van der Waals surface area (Å²) in [6.45, 7) is 5.78. The molecular weight excluding hydrogens is 535 g/mol. The molecule has 0 bridgehead atoms. The number of halogens is 5. The van der Waals surface area contributed by atoms with E-state index in [4.69, 9.17) is 0 Å². The highest BCUT2D eigenvalue weighted by atomic mass is 32.2. The molecule has 2 aromatic rings. The van der Waals surface area contributed by atoms with E-state index in [2.05, 4.69) is 20.4 Å². The normalized spacial score (nSPS) is 18.0. The van der Waals surface area contributed by atoms with Gasteiger partial charge in [0.2, 0.25) is 15.8 Å². The van der Waals surface area contributed by atoms with Gasteiger partial charge in [0.25, 0.3) is 5.91 Å². The molecule has 0 spiro atoms. The number of amides is 1. The minimum atomic E-state index is -5.40. The summed E-state index contributed by atoms with van der Waals surface area (Å²) < 4.78 is 90.8. The lowest BCUT2D eigenvalue weighted by atomic mass is 10.1. The minimum Gasteiger partial charge on any atom is -0.332 e. The Bertz CT molecular complexity index is 1260. The quantitative estimate of drug-likeness (QED) is 0.482. The molecule has 1 aliphatic carbocycles. The van der Waals surface area contributed by atoms with Gasteiger partial charge in [0, 0.05) is 24.5 Å². The lowest BCUT2D eigenvalue weighted by molar-refractivity contribution is -0.137. The second kappa shape index (κ2) is 11.6. The van der Waals surface area contributed by atoms with Gasteiger partial charge in [-0.2, -0.15) is 22.0 Å². The van der Waals surface area contributed by atoms with E-state index in [1.165, 1.54) is 28.6 Å². The fourth-order valence-corrected chi connectivity index (χ4v) is 4.53. The fourth-order valence-electron chi connectivity index (χ4n) is 3.74. The monoisotopic (exact) mass is 562 g/mol. The summed E-state index contributed by atoms with van der Waals surface area (Å²) in [5, 5.41) is 1.47. The average molecular weight is 563 g/mol. The van der Waals surface area contributed by atoms with Gasteiger partial charge in [-0.25, -0.2) is 28.4 Å². The topological polar surface area (TPSA) is 108 Å². The Hall–Kier alpha value is -3.36. The number of sulfone groups is 1. The second-order valence-electron chi connectivity index (χ2n) is 8.43. The number of carbonyl (C=O) groups excluding carboxylic acids is 1. The zero-order valence-electron chi connectivity index (χ0n) is 20.7. The molecule has 15 heteroatoms. The van der Waals surface area contributed by atoms with E-state index in [1.807, 2.05) is 13.8 Å². The van der Waals surface area contributed by atoms with Crippen LogP contribution >= 0.6 is 0 Å². The number of benzene rings is 1. The molecule has 1 aliphatic heterocycles. The number of alkyl halides is 5. The lowest BCUT2D eigenvalue weighted by Crippen LogP contribution is -2.53. The van der Waals surface area contributed by atoms with Crippen molar-refractivity contribution in [1.29, 1.82) is 0 Å². The summed E-state index contributed by atoms with van der Waals surface area (Å²) in [6.07, 6.45) is 0.0790. The van der Waals surface area contributed by atoms with Gasteiger partial charge in [-0.3, -0.25) is 10.2 Å². The lowest BCUT2D eigenvalue weighted by Gasteiger charge is -2.35. The number of nitrogens with zero attached hydrogens (tertiary/aromatic N) is 5. The van der Waals surface area contributed by atoms with Crippen LogP contribution in [-0.2, 0) is 16.0 Å². The Morgan fingerprint density at radius 2 is 1.79 bits per heavy atom. The summed E-state index contributed by atoms with van der Waals surface area (Å²) in [7, 11) is -5.40. The van der Waals surface area contributed by atoms with Gasteiger partial charge in [-0.1, -0.05) is 13.8 Å². The van der Waals surface area contributed by atoms with Crippen molar-refractivity contribution in [3.05, 3.63) is 47.8 Å². The Balaban J connectivity index is 0.00000195. The van der Waals surface area contributed by atoms with E-state index in [0.717, 1.165) is 12.8 Å². The van der Waals surface area contributed by atoms with Gasteiger partial charge < -0.3 is 4.90 Å². The van der Waals surface area contributed by atoms with Crippen molar-refractivity contribution in [3.8, 4) is 0 Å². The molecule has 9 nitrogen and oxygen atoms in total. The molecule has 4 rings (SSSR count). The first-order valence-corrected chi connectivity index (χ1v) is 13.3. The molecule has 1 amide bonds. The van der Waals surface area contributed by atoms with Crippen molar-refractivity contribution in [2.24, 2.45) is 10.9 Å². The number of nitrogens with one attached hydrogen (secondary N) is 1. The summed E-state index contributed by atoms with van der Waals surface area (Å²) in [6, 6.07) is 1.97. The van der Waals surface area contributed by atoms with Crippen LogP contribution in [0.1, 0.15) is 49.5 Å². The van der Waals surface area contributed by atoms with Crippen molar-refractivity contribution >= 4 is 28.0 Å². The van der Waals surface area contributed by atoms with Crippen LogP contribution in [0.2, 0.25) is 0 Å². The third-order valence-corrected chi connectivity index (χ3v) is 7.20. The highest BCUT2D eigenvalue weighted by Gasteiger charge is 2.40. The summed E-state index contributed by atoms with van der Waals surface area (Å²) in [5.41, 5.74) is 0.650. The van der Waals surface area contributed by atoms with Crippen molar-refractivity contribution in [1.82, 2.24) is 20.3 Å². The highest BCUT2D eigenvalue weighted by Crippen LogP contribution is 2.35. The molecule has 1 aromatic heterocycles. The summed E-state index contributed by atoms with van der Waals surface area (Å²) >= 11 is 0. The van der Waals surface area contributed by atoms with Crippen molar-refractivity contribution < 1.29 is 35.2 Å². The number of anilines is 1. The number of hydrogen-bond donors (Lipinski definition) is 1. The maximum atomic E-state index is 13.5. The Kier molecular flexibility index (Phi) is 8.90. The zero-order valence-corrected chi connectivity index (χ0v) is 21.5. The van der Waals surface area contributed by atoms with E-state index in [-0.39, 0.29) is 24.5 Å². The number of hydrazine groups is 1. The third kappa shape index (κ3) is 6.37. The Morgan fingerprint density at radius 3 is 2.34 bits per heavy atom. The SMILES string of the molecule is CC.CC(C1N=CNN1c1ncccn1)N(CC1CC1)C(=O)c1cc(C(F)(F)F)cc(S(=O)(=O)C(F)F)c1. The molecule has 38 heavy (non-hydrogen) atoms. The van der Waals surface area contributed by atoms with Crippen LogP contribution in [0.25, 0.3) is 0 Å². The Morgan fingerprint density at radius 1 is 1.16 bits per heavy atom. The molecule has 2 unspecified atom stereocenters. The molecule has 208 valence electrons. The van der Waals surface area contributed by atoms with Crippen LogP contribution in [0.15, 0.2) is 46.5 Å². The third-order valence-electron chi connectivity index (χ3n) is 5.84. The number of aromatic nitrogens is 2. The first-order valence-electron chi connectivity index (χ1n) is 11.8. The second-order valence-corrected chi connectivity index (χ2v) is 10.3. The van der Waals surface area contributed by atoms with Gasteiger partial charge in [-0.05, 0) is 49.9 Å². The first kappa shape index (κ1) is 29.2. The Labute approximate surface area is 216 Å². The fraction of sp³-hybridized carbons (Fsp3) is 0.478. The molecule has 2 heterocycles. The van der Waals surface area contributed by atoms with Crippen LogP contribution in [0.4, 0.5) is 27.9 Å². The molecule has 1 N–H and O–H groups in total. The van der Waals surface area contributed by atoms with Crippen molar-refractivity contribution in [2.45, 2.75) is 62.6 Å². The van der Waals surface area contributed by atoms with Crippen LogP contribution < -0.4 is 10.4 Å². The molecular formula is C23H27F5N6O3S. The molecule has 0 saturated heterocycles. The standard InChI is InChI=1S/C21H21F5N6O3S.C2H6/c1-12(17-29-11-30-32(17)20-27-5-2-6-28-20)31(10-13-3-4-13)18(33)14-7-15(21(24,25)26)9-16(8-14)36(34,35)19(22)23;1-2/h2,5-9,11-13,17,19H,3-4,10H2,1H3,(H,29,30);1-2H3. The van der Waals surface area contributed by atoms with Crippen LogP contribution in [0.3, 0.4) is 0 Å². The highest BCUT2D eigenvalue weighted by molar-refractivity contribution is 7.91. The van der Waals surface area contributed by atoms with Crippen LogP contribution in [0, 0.1) is 5.92 Å². The van der Waals surface area contributed by atoms with E-state index in [9.17, 15) is 35.2 Å². The van der Waals surface area contributed by atoms with E-state index >= 15 is 0 Å². The molecule has 2 atom stereocenters. The molecule has 1 aromatic carbocycles. The first-order chi connectivity index (χ1) is 17.9. The zero-order chi connectivity index (χ0) is 28.3. The van der Waals surface area contributed by atoms with Gasteiger partial charge in [0.1, 0.15) is 6.34 Å². The smallest absolute Gasteiger partial charge is 0.332 e. The van der Waals surface area contributed by atoms with Crippen molar-refractivity contribution in [2.75, 3.05) is 11.6 Å². The molecule has 1 saturated carbocycles. The van der Waals surface area contributed by atoms with Crippen molar-refractivity contribution in [3.63, 3.8) is 0 Å². The van der Waals surface area contributed by atoms with Gasteiger partial charge in [-0.15, -0.1) is 0 Å². The predicted octanol–water partition coefficient (Wildman–Crippen LogP) is 4.14. The predicted molar refractivity (Wildman–Crippen MR) is 129 cm³/mol. The van der Waals surface area contributed by atoms with E-state index in [0.29, 0.717) is 12.1 Å². The minimum absolute atomic E-state index is 0.0891. The average Bonchev–Trinajstić information content (AvgIpc) is 3.59. The number of aliphatic imine (C=N–C) groups is 1.